The Morgan fingerprint density at radius 1 is 0.397 bits per heavy atom. The minimum Gasteiger partial charge on any atom is -0.310 e. The van der Waals surface area contributed by atoms with E-state index in [-0.39, 0.29) is 10.8 Å². The Kier molecular flexibility index (Phi) is 9.01. The summed E-state index contributed by atoms with van der Waals surface area (Å²) in [7, 11) is 0. The average Bonchev–Trinajstić information content (AvgIpc) is 3.20. The summed E-state index contributed by atoms with van der Waals surface area (Å²) in [4.78, 5) is 2.46. The van der Waals surface area contributed by atoms with Crippen LogP contribution in [0.2, 0.25) is 0 Å². The molecule has 0 fully saturated rings. The molecule has 0 saturated heterocycles. The molecule has 0 spiro atoms. The molecule has 1 aliphatic carbocycles. The normalized spacial score (nSPS) is 12.5. The fourth-order valence-corrected chi connectivity index (χ4v) is 8.83. The van der Waals surface area contributed by atoms with Crippen LogP contribution in [0.15, 0.2) is 146 Å². The molecular formula is C57H55N. The number of hydrogen-bond acceptors (Lipinski definition) is 1. The second kappa shape index (κ2) is 13.9. The summed E-state index contributed by atoms with van der Waals surface area (Å²) < 4.78 is 0. The molecule has 0 aromatic heterocycles. The van der Waals surface area contributed by atoms with Crippen LogP contribution >= 0.6 is 0 Å². The predicted octanol–water partition coefficient (Wildman–Crippen LogP) is 16.8. The minimum absolute atomic E-state index is 0.102. The van der Waals surface area contributed by atoms with Crippen LogP contribution in [0.25, 0.3) is 66.1 Å². The zero-order chi connectivity index (χ0) is 40.7. The van der Waals surface area contributed by atoms with Gasteiger partial charge < -0.3 is 4.90 Å². The molecule has 1 nitrogen and oxygen atoms in total. The van der Waals surface area contributed by atoms with Crippen LogP contribution in [0, 0.1) is 13.8 Å². The quantitative estimate of drug-likeness (QED) is 0.163. The first-order valence-electron chi connectivity index (χ1n) is 21.0. The molecule has 0 radical (unpaired) electrons. The van der Waals surface area contributed by atoms with Gasteiger partial charge in [0.05, 0.1) is 0 Å². The summed E-state index contributed by atoms with van der Waals surface area (Å²) in [6.45, 7) is 22.7. The Labute approximate surface area is 346 Å². The molecule has 0 atom stereocenters. The number of aryl methyl sites for hydroxylation is 2. The molecule has 0 saturated carbocycles. The number of fused-ring (bicyclic) bond motifs is 6. The van der Waals surface area contributed by atoms with Crippen LogP contribution in [-0.2, 0) is 10.8 Å². The van der Waals surface area contributed by atoms with Crippen molar-refractivity contribution >= 4 is 38.6 Å². The Hall–Kier alpha value is -5.92. The van der Waals surface area contributed by atoms with E-state index < -0.39 is 0 Å². The average molecular weight is 754 g/mol. The van der Waals surface area contributed by atoms with Gasteiger partial charge in [0.1, 0.15) is 0 Å². The molecule has 0 aliphatic heterocycles. The van der Waals surface area contributed by atoms with Gasteiger partial charge in [-0.2, -0.15) is 0 Å². The summed E-state index contributed by atoms with van der Waals surface area (Å²) in [5, 5.41) is 5.07. The van der Waals surface area contributed by atoms with Crippen molar-refractivity contribution in [1.29, 1.82) is 0 Å². The highest BCUT2D eigenvalue weighted by atomic mass is 15.1. The summed E-state index contributed by atoms with van der Waals surface area (Å²) in [5.74, 6) is 0.446. The van der Waals surface area contributed by atoms with E-state index in [1.165, 1.54) is 111 Å². The number of hydrogen-bond donors (Lipinski definition) is 0. The zero-order valence-electron chi connectivity index (χ0n) is 35.9. The van der Waals surface area contributed by atoms with E-state index in [4.69, 9.17) is 0 Å². The highest BCUT2D eigenvalue weighted by Crippen LogP contribution is 2.52. The lowest BCUT2D eigenvalue weighted by Crippen LogP contribution is -2.13. The van der Waals surface area contributed by atoms with E-state index in [1.54, 1.807) is 0 Å². The molecule has 288 valence electrons. The van der Waals surface area contributed by atoms with Crippen molar-refractivity contribution in [1.82, 2.24) is 0 Å². The van der Waals surface area contributed by atoms with E-state index in [1.807, 2.05) is 0 Å². The third kappa shape index (κ3) is 6.61. The molecular weight excluding hydrogens is 699 g/mol. The Balaban J connectivity index is 1.16. The summed E-state index contributed by atoms with van der Waals surface area (Å²) in [6, 6.07) is 55.7. The second-order valence-corrected chi connectivity index (χ2v) is 19.0. The van der Waals surface area contributed by atoms with Crippen LogP contribution in [0.3, 0.4) is 0 Å². The minimum atomic E-state index is 0.102. The van der Waals surface area contributed by atoms with E-state index in [9.17, 15) is 0 Å². The molecule has 0 bridgehead atoms. The van der Waals surface area contributed by atoms with Gasteiger partial charge in [-0.3, -0.25) is 0 Å². The van der Waals surface area contributed by atoms with Crippen molar-refractivity contribution in [3.63, 3.8) is 0 Å². The third-order valence-corrected chi connectivity index (χ3v) is 12.5. The van der Waals surface area contributed by atoms with Crippen LogP contribution in [-0.4, -0.2) is 0 Å². The van der Waals surface area contributed by atoms with Gasteiger partial charge in [-0.1, -0.05) is 140 Å². The summed E-state index contributed by atoms with van der Waals surface area (Å²) in [6.07, 6.45) is 0. The first-order valence-corrected chi connectivity index (χ1v) is 21.0. The highest BCUT2D eigenvalue weighted by Gasteiger charge is 2.26. The van der Waals surface area contributed by atoms with Crippen molar-refractivity contribution in [2.24, 2.45) is 0 Å². The largest absolute Gasteiger partial charge is 0.310 e. The summed E-state index contributed by atoms with van der Waals surface area (Å²) >= 11 is 0. The van der Waals surface area contributed by atoms with Crippen LogP contribution in [0.5, 0.6) is 0 Å². The Morgan fingerprint density at radius 2 is 0.845 bits per heavy atom. The van der Waals surface area contributed by atoms with Gasteiger partial charge in [0.15, 0.2) is 0 Å². The van der Waals surface area contributed by atoms with Gasteiger partial charge in [-0.25, -0.2) is 0 Å². The van der Waals surface area contributed by atoms with E-state index in [2.05, 4.69) is 220 Å². The lowest BCUT2D eigenvalue weighted by molar-refractivity contribution is 0.590. The summed E-state index contributed by atoms with van der Waals surface area (Å²) in [5.41, 5.74) is 20.8. The Morgan fingerprint density at radius 3 is 1.33 bits per heavy atom. The van der Waals surface area contributed by atoms with Gasteiger partial charge >= 0.3 is 0 Å². The first-order chi connectivity index (χ1) is 27.6. The maximum absolute atomic E-state index is 2.46. The van der Waals surface area contributed by atoms with Crippen LogP contribution in [0.1, 0.15) is 89.1 Å². The van der Waals surface area contributed by atoms with E-state index in [0.717, 1.165) is 0 Å². The number of benzene rings is 8. The highest BCUT2D eigenvalue weighted by molar-refractivity contribution is 6.13. The molecule has 8 aromatic carbocycles. The van der Waals surface area contributed by atoms with Crippen LogP contribution in [0.4, 0.5) is 17.1 Å². The molecule has 0 unspecified atom stereocenters. The molecule has 1 heteroatoms. The number of anilines is 3. The molecule has 8 aromatic rings. The van der Waals surface area contributed by atoms with Crippen molar-refractivity contribution in [2.45, 2.75) is 86.0 Å². The number of para-hydroxylation sites is 1. The molecule has 0 N–H and O–H groups in total. The zero-order valence-corrected chi connectivity index (χ0v) is 35.9. The van der Waals surface area contributed by atoms with Crippen LogP contribution < -0.4 is 4.90 Å². The monoisotopic (exact) mass is 753 g/mol. The maximum atomic E-state index is 2.46. The van der Waals surface area contributed by atoms with Crippen molar-refractivity contribution in [3.8, 4) is 44.5 Å². The smallest absolute Gasteiger partial charge is 0.0493 e. The molecule has 1 aliphatic rings. The SMILES string of the molecule is Cc1ccccc1N(c1ccc2cc3c(cc2c1)-c1cc2cc(-c4ccc(C(C)(C)C)cc4)c(-c4ccc(C(C)(C)C)cc4)cc2cc1-3)c1cc(C(C)C)ccc1C. The second-order valence-electron chi connectivity index (χ2n) is 19.0. The van der Waals surface area contributed by atoms with Gasteiger partial charge in [0.2, 0.25) is 0 Å². The van der Waals surface area contributed by atoms with E-state index in [0.29, 0.717) is 5.92 Å². The van der Waals surface area contributed by atoms with Crippen molar-refractivity contribution in [2.75, 3.05) is 4.90 Å². The first kappa shape index (κ1) is 37.6. The maximum Gasteiger partial charge on any atom is 0.0493 e. The molecule has 9 rings (SSSR count). The van der Waals surface area contributed by atoms with Gasteiger partial charge in [-0.15, -0.1) is 0 Å². The van der Waals surface area contributed by atoms with Gasteiger partial charge in [-0.05, 0) is 185 Å². The fourth-order valence-electron chi connectivity index (χ4n) is 8.83. The predicted molar refractivity (Wildman–Crippen MR) is 252 cm³/mol. The topological polar surface area (TPSA) is 3.24 Å². The lowest BCUT2D eigenvalue weighted by Gasteiger charge is -2.30. The molecule has 0 amide bonds. The third-order valence-electron chi connectivity index (χ3n) is 12.5. The number of nitrogens with zero attached hydrogens (tertiary/aromatic N) is 1. The Bertz CT molecular complexity index is 2870. The van der Waals surface area contributed by atoms with Gasteiger partial charge in [0.25, 0.3) is 0 Å². The standard InChI is InChI=1S/C57H55N/c1-35(2)40-16-15-37(4)55(34-40)58(54-14-12-11-13-36(54)3)47-26-21-41-28-50-51(31-42(41)27-47)53-33-44-30-49(39-19-24-46(25-20-39)57(8,9)10)48(29-43(44)32-52(50)53)38-17-22-45(23-18-38)56(5,6)7/h11-35H,1-10H3. The van der Waals surface area contributed by atoms with Crippen molar-refractivity contribution < 1.29 is 0 Å². The lowest BCUT2D eigenvalue weighted by atomic mass is 9.77. The van der Waals surface area contributed by atoms with Crippen molar-refractivity contribution in [3.05, 3.63) is 173 Å². The van der Waals surface area contributed by atoms with E-state index >= 15 is 0 Å². The molecule has 0 heterocycles. The fraction of sp³-hybridized carbons (Fsp3) is 0.228. The number of rotatable bonds is 6. The van der Waals surface area contributed by atoms with Gasteiger partial charge in [0, 0.05) is 17.1 Å². The molecule has 58 heavy (non-hydrogen) atoms.